The van der Waals surface area contributed by atoms with E-state index in [1.807, 2.05) is 12.2 Å². The Labute approximate surface area is 155 Å². The first-order valence-electron chi connectivity index (χ1n) is 8.13. The van der Waals surface area contributed by atoms with E-state index in [1.54, 1.807) is 0 Å². The Balaban J connectivity index is 2.67. The van der Waals surface area contributed by atoms with E-state index in [0.29, 0.717) is 18.9 Å². The van der Waals surface area contributed by atoms with Gasteiger partial charge >= 0.3 is 5.97 Å². The Hall–Kier alpha value is -2.14. The second-order valence-corrected chi connectivity index (χ2v) is 7.68. The summed E-state index contributed by atoms with van der Waals surface area (Å²) in [7, 11) is -3.69. The molecular formula is C16H21F3N2O5S. The third kappa shape index (κ3) is 6.83. The number of sulfonamides is 1. The second-order valence-electron chi connectivity index (χ2n) is 5.80. The first kappa shape index (κ1) is 22.9. The van der Waals surface area contributed by atoms with Crippen LogP contribution in [-0.2, 0) is 24.3 Å². The Morgan fingerprint density at radius 2 is 1.78 bits per heavy atom. The van der Waals surface area contributed by atoms with Gasteiger partial charge in [-0.3, -0.25) is 9.59 Å². The predicted molar refractivity (Wildman–Crippen MR) is 91.8 cm³/mol. The molecule has 2 N–H and O–H groups in total. The summed E-state index contributed by atoms with van der Waals surface area (Å²) < 4.78 is 70.0. The first-order chi connectivity index (χ1) is 12.5. The highest BCUT2D eigenvalue weighted by atomic mass is 32.2. The summed E-state index contributed by atoms with van der Waals surface area (Å²) in [5.74, 6) is -6.97. The number of amides is 1. The number of unbranched alkanes of at least 4 members (excludes halogenated alkanes) is 1. The number of hydrogen-bond donors (Lipinski definition) is 2. The molecule has 0 aliphatic rings. The fraction of sp³-hybridized carbons (Fsp3) is 0.500. The zero-order valence-electron chi connectivity index (χ0n) is 15.0. The quantitative estimate of drug-likeness (QED) is 0.480. The third-order valence-corrected chi connectivity index (χ3v) is 4.97. The molecule has 7 nitrogen and oxygen atoms in total. The Morgan fingerprint density at radius 3 is 2.37 bits per heavy atom. The van der Waals surface area contributed by atoms with Gasteiger partial charge in [-0.05, 0) is 32.4 Å². The number of benzene rings is 1. The van der Waals surface area contributed by atoms with Gasteiger partial charge < -0.3 is 10.1 Å². The van der Waals surface area contributed by atoms with Gasteiger partial charge in [0, 0.05) is 0 Å². The maximum absolute atomic E-state index is 13.6. The molecule has 0 saturated heterocycles. The minimum Gasteiger partial charge on any atom is -0.451 e. The van der Waals surface area contributed by atoms with Crippen molar-refractivity contribution in [3.05, 3.63) is 29.6 Å². The summed E-state index contributed by atoms with van der Waals surface area (Å²) in [4.78, 5) is 23.9. The van der Waals surface area contributed by atoms with E-state index < -0.39 is 57.2 Å². The highest BCUT2D eigenvalue weighted by molar-refractivity contribution is 7.89. The number of carbonyl (C=O) groups excluding carboxylic acids is 2. The molecule has 0 aliphatic carbocycles. The van der Waals surface area contributed by atoms with Crippen LogP contribution in [0.5, 0.6) is 0 Å². The van der Waals surface area contributed by atoms with Gasteiger partial charge in [-0.15, -0.1) is 0 Å². The average Bonchev–Trinajstić information content (AvgIpc) is 2.59. The van der Waals surface area contributed by atoms with E-state index in [0.717, 1.165) is 13.0 Å². The smallest absolute Gasteiger partial charge is 0.324 e. The number of nitrogens with one attached hydrogen (secondary N) is 2. The number of halogens is 3. The van der Waals surface area contributed by atoms with E-state index in [1.165, 1.54) is 6.92 Å². The van der Waals surface area contributed by atoms with E-state index in [4.69, 9.17) is 4.74 Å². The van der Waals surface area contributed by atoms with Crippen LogP contribution in [0.15, 0.2) is 12.1 Å². The lowest BCUT2D eigenvalue weighted by atomic mass is 10.2. The van der Waals surface area contributed by atoms with Crippen LogP contribution in [0.3, 0.4) is 0 Å². The second kappa shape index (κ2) is 9.70. The van der Waals surface area contributed by atoms with Crippen molar-refractivity contribution in [3.8, 4) is 0 Å². The maximum Gasteiger partial charge on any atom is 0.324 e. The summed E-state index contributed by atoms with van der Waals surface area (Å²) in [6.45, 7) is 4.21. The lowest BCUT2D eigenvalue weighted by molar-refractivity contribution is -0.154. The number of rotatable bonds is 9. The van der Waals surface area contributed by atoms with Gasteiger partial charge in [0.25, 0.3) is 5.91 Å². The van der Waals surface area contributed by atoms with Crippen LogP contribution >= 0.6 is 0 Å². The van der Waals surface area contributed by atoms with Gasteiger partial charge in [0.15, 0.2) is 23.6 Å². The van der Waals surface area contributed by atoms with Gasteiger partial charge in [-0.1, -0.05) is 13.3 Å². The van der Waals surface area contributed by atoms with E-state index in [9.17, 15) is 31.2 Å². The number of hydrogen-bond acceptors (Lipinski definition) is 5. The Bertz CT molecular complexity index is 801. The largest absolute Gasteiger partial charge is 0.451 e. The lowest BCUT2D eigenvalue weighted by Crippen LogP contribution is -2.43. The average molecular weight is 410 g/mol. The van der Waals surface area contributed by atoms with Crippen LogP contribution in [0, 0.1) is 17.5 Å². The molecule has 27 heavy (non-hydrogen) atoms. The number of anilines is 1. The molecule has 1 rings (SSSR count). The van der Waals surface area contributed by atoms with Crippen molar-refractivity contribution in [1.29, 1.82) is 0 Å². The fourth-order valence-electron chi connectivity index (χ4n) is 1.90. The van der Waals surface area contributed by atoms with Gasteiger partial charge in [-0.2, -0.15) is 0 Å². The molecule has 0 bridgehead atoms. The number of ether oxygens (including phenoxy) is 1. The van der Waals surface area contributed by atoms with Crippen molar-refractivity contribution in [2.75, 3.05) is 11.1 Å². The van der Waals surface area contributed by atoms with Crippen LogP contribution in [0.25, 0.3) is 0 Å². The standard InChI is InChI=1S/C16H21F3N2O5S/c1-4-5-8-27(24,25)21-9(2)16(23)26-10(3)15(22)20-12-7-6-11(17)13(18)14(12)19/h6-7,9-10,21H,4-5,8H2,1-3H3,(H,20,22)/t9-,10+/m0/s1. The van der Waals surface area contributed by atoms with E-state index in [2.05, 4.69) is 4.72 Å². The van der Waals surface area contributed by atoms with Gasteiger partial charge in [0.05, 0.1) is 11.4 Å². The molecule has 0 radical (unpaired) electrons. The summed E-state index contributed by atoms with van der Waals surface area (Å²) >= 11 is 0. The number of esters is 1. The van der Waals surface area contributed by atoms with Crippen LogP contribution in [0.2, 0.25) is 0 Å². The molecule has 1 amide bonds. The summed E-state index contributed by atoms with van der Waals surface area (Å²) in [5.41, 5.74) is -0.630. The SMILES string of the molecule is CCCCS(=O)(=O)N[C@@H](C)C(=O)O[C@H](C)C(=O)Nc1ccc(F)c(F)c1F. The molecular weight excluding hydrogens is 389 g/mol. The lowest BCUT2D eigenvalue weighted by Gasteiger charge is -2.18. The summed E-state index contributed by atoms with van der Waals surface area (Å²) in [6, 6.07) is 0.185. The molecule has 0 heterocycles. The molecule has 11 heteroatoms. The molecule has 0 saturated carbocycles. The summed E-state index contributed by atoms with van der Waals surface area (Å²) in [5, 5.41) is 1.96. The van der Waals surface area contributed by atoms with Gasteiger partial charge in [0.2, 0.25) is 10.0 Å². The zero-order valence-corrected chi connectivity index (χ0v) is 15.8. The van der Waals surface area contributed by atoms with E-state index >= 15 is 0 Å². The zero-order chi connectivity index (χ0) is 20.8. The topological polar surface area (TPSA) is 102 Å². The molecule has 0 spiro atoms. The van der Waals surface area contributed by atoms with Crippen molar-refractivity contribution in [1.82, 2.24) is 4.72 Å². The minimum absolute atomic E-state index is 0.160. The molecule has 152 valence electrons. The molecule has 0 fully saturated rings. The van der Waals surface area contributed by atoms with Crippen molar-refractivity contribution in [2.45, 2.75) is 45.8 Å². The number of carbonyl (C=O) groups is 2. The molecule has 0 aliphatic heterocycles. The van der Waals surface area contributed by atoms with Gasteiger partial charge in [0.1, 0.15) is 6.04 Å². The van der Waals surface area contributed by atoms with Crippen LogP contribution < -0.4 is 10.0 Å². The fourth-order valence-corrected chi connectivity index (χ4v) is 3.32. The highest BCUT2D eigenvalue weighted by Crippen LogP contribution is 2.20. The van der Waals surface area contributed by atoms with Crippen molar-refractivity contribution >= 4 is 27.6 Å². The summed E-state index contributed by atoms with van der Waals surface area (Å²) in [6.07, 6.45) is -0.375. The Morgan fingerprint density at radius 1 is 1.15 bits per heavy atom. The molecule has 0 unspecified atom stereocenters. The van der Waals surface area contributed by atoms with Gasteiger partial charge in [-0.25, -0.2) is 26.3 Å². The van der Waals surface area contributed by atoms with Crippen LogP contribution in [0.4, 0.5) is 18.9 Å². The molecule has 1 aromatic carbocycles. The normalized spacial score (nSPS) is 13.7. The Kier molecular flexibility index (Phi) is 8.22. The first-order valence-corrected chi connectivity index (χ1v) is 9.78. The third-order valence-electron chi connectivity index (χ3n) is 3.43. The van der Waals surface area contributed by atoms with Crippen molar-refractivity contribution in [2.24, 2.45) is 0 Å². The minimum atomic E-state index is -3.69. The molecule has 0 aromatic heterocycles. The van der Waals surface area contributed by atoms with Crippen LogP contribution in [0.1, 0.15) is 33.6 Å². The van der Waals surface area contributed by atoms with Crippen molar-refractivity contribution in [3.63, 3.8) is 0 Å². The van der Waals surface area contributed by atoms with Crippen LogP contribution in [-0.4, -0.2) is 38.2 Å². The maximum atomic E-state index is 13.6. The molecule has 2 atom stereocenters. The van der Waals surface area contributed by atoms with Crippen molar-refractivity contribution < 1.29 is 35.9 Å². The highest BCUT2D eigenvalue weighted by Gasteiger charge is 2.26. The predicted octanol–water partition coefficient (Wildman–Crippen LogP) is 2.08. The monoisotopic (exact) mass is 410 g/mol. The van der Waals surface area contributed by atoms with E-state index in [-0.39, 0.29) is 5.75 Å². The molecule has 1 aromatic rings.